The lowest BCUT2D eigenvalue weighted by Crippen LogP contribution is -2.45. The summed E-state index contributed by atoms with van der Waals surface area (Å²) in [6.45, 7) is 3.80. The molecule has 106 valence electrons. The number of nitrogens with one attached hydrogen (secondary N) is 2. The molecule has 1 heterocycles. The number of amides is 1. The van der Waals surface area contributed by atoms with Gasteiger partial charge in [0.2, 0.25) is 5.91 Å². The van der Waals surface area contributed by atoms with Crippen LogP contribution in [0.15, 0.2) is 0 Å². The molecule has 6 nitrogen and oxygen atoms in total. The topological polar surface area (TPSA) is 76.7 Å². The number of carbonyl (C=O) groups excluding carboxylic acids is 2. The Morgan fingerprint density at radius 2 is 2.28 bits per heavy atom. The van der Waals surface area contributed by atoms with E-state index < -0.39 is 0 Å². The monoisotopic (exact) mass is 280 g/mol. The minimum atomic E-state index is -0.322. The molecular formula is C11H21ClN2O4. The molecule has 2 atom stereocenters. The Kier molecular flexibility index (Phi) is 8.70. The van der Waals surface area contributed by atoms with Crippen molar-refractivity contribution in [3.8, 4) is 0 Å². The molecule has 18 heavy (non-hydrogen) atoms. The quantitative estimate of drug-likeness (QED) is 0.685. The Hall–Kier alpha value is -0.850. The minimum Gasteiger partial charge on any atom is -0.469 e. The van der Waals surface area contributed by atoms with Crippen molar-refractivity contribution in [3.63, 3.8) is 0 Å². The van der Waals surface area contributed by atoms with Crippen molar-refractivity contribution in [3.05, 3.63) is 0 Å². The van der Waals surface area contributed by atoms with Crippen LogP contribution in [-0.2, 0) is 19.1 Å². The van der Waals surface area contributed by atoms with E-state index in [2.05, 4.69) is 15.4 Å². The van der Waals surface area contributed by atoms with Gasteiger partial charge in [-0.15, -0.1) is 12.4 Å². The van der Waals surface area contributed by atoms with Gasteiger partial charge >= 0.3 is 5.97 Å². The maximum absolute atomic E-state index is 11.6. The van der Waals surface area contributed by atoms with Crippen molar-refractivity contribution in [2.24, 2.45) is 0 Å². The molecular weight excluding hydrogens is 260 g/mol. The number of esters is 1. The first-order chi connectivity index (χ1) is 8.11. The van der Waals surface area contributed by atoms with E-state index in [1.165, 1.54) is 7.11 Å². The molecule has 0 aromatic rings. The molecule has 0 spiro atoms. The summed E-state index contributed by atoms with van der Waals surface area (Å²) in [4.78, 5) is 22.6. The number of halogens is 1. The summed E-state index contributed by atoms with van der Waals surface area (Å²) in [6.07, 6.45) is 0.558. The van der Waals surface area contributed by atoms with Gasteiger partial charge in [0.15, 0.2) is 0 Å². The number of methoxy groups -OCH3 is 1. The van der Waals surface area contributed by atoms with Crippen molar-refractivity contribution >= 4 is 24.3 Å². The number of ether oxygens (including phenoxy) is 2. The molecule has 2 N–H and O–H groups in total. The molecule has 0 radical (unpaired) electrons. The second-order valence-electron chi connectivity index (χ2n) is 4.18. The SMILES string of the molecule is COC(=O)CC(C)NC(=O)CC1COCCN1.Cl. The average Bonchev–Trinajstić information content (AvgIpc) is 2.29. The highest BCUT2D eigenvalue weighted by atomic mass is 35.5. The van der Waals surface area contributed by atoms with Gasteiger partial charge < -0.3 is 20.1 Å². The average molecular weight is 281 g/mol. The molecule has 0 aromatic heterocycles. The fourth-order valence-corrected chi connectivity index (χ4v) is 1.69. The van der Waals surface area contributed by atoms with Gasteiger partial charge in [0.05, 0.1) is 26.7 Å². The summed E-state index contributed by atoms with van der Waals surface area (Å²) in [5.41, 5.74) is 0. The maximum atomic E-state index is 11.6. The molecule has 1 aliphatic heterocycles. The molecule has 1 saturated heterocycles. The largest absolute Gasteiger partial charge is 0.469 e. The molecule has 0 aromatic carbocycles. The number of rotatable bonds is 5. The van der Waals surface area contributed by atoms with Crippen LogP contribution in [-0.4, -0.2) is 50.8 Å². The predicted octanol–water partition coefficient (Wildman–Crippen LogP) is -0.145. The first-order valence-electron chi connectivity index (χ1n) is 5.79. The lowest BCUT2D eigenvalue weighted by atomic mass is 10.1. The number of hydrogen-bond acceptors (Lipinski definition) is 5. The lowest BCUT2D eigenvalue weighted by molar-refractivity contribution is -0.141. The highest BCUT2D eigenvalue weighted by Crippen LogP contribution is 2.00. The minimum absolute atomic E-state index is 0. The molecule has 7 heteroatoms. The van der Waals surface area contributed by atoms with E-state index in [1.54, 1.807) is 6.92 Å². The summed E-state index contributed by atoms with van der Waals surface area (Å²) < 4.78 is 9.78. The van der Waals surface area contributed by atoms with E-state index >= 15 is 0 Å². The van der Waals surface area contributed by atoms with Crippen molar-refractivity contribution < 1.29 is 19.1 Å². The highest BCUT2D eigenvalue weighted by molar-refractivity contribution is 5.85. The van der Waals surface area contributed by atoms with E-state index in [0.717, 1.165) is 6.54 Å². The summed E-state index contributed by atoms with van der Waals surface area (Å²) in [7, 11) is 1.33. The third kappa shape index (κ3) is 6.78. The highest BCUT2D eigenvalue weighted by Gasteiger charge is 2.18. The van der Waals surface area contributed by atoms with Gasteiger partial charge in [-0.05, 0) is 6.92 Å². The van der Waals surface area contributed by atoms with E-state index in [9.17, 15) is 9.59 Å². The zero-order valence-corrected chi connectivity index (χ0v) is 11.5. The Bertz CT molecular complexity index is 270. The first-order valence-corrected chi connectivity index (χ1v) is 5.79. The normalized spacial score (nSPS) is 20.4. The molecule has 1 aliphatic rings. The second-order valence-corrected chi connectivity index (χ2v) is 4.18. The first kappa shape index (κ1) is 17.2. The molecule has 2 unspecified atom stereocenters. The lowest BCUT2D eigenvalue weighted by Gasteiger charge is -2.23. The summed E-state index contributed by atoms with van der Waals surface area (Å²) >= 11 is 0. The molecule has 1 fully saturated rings. The Morgan fingerprint density at radius 1 is 1.56 bits per heavy atom. The zero-order valence-electron chi connectivity index (χ0n) is 10.7. The van der Waals surface area contributed by atoms with Gasteiger partial charge in [-0.1, -0.05) is 0 Å². The summed E-state index contributed by atoms with van der Waals surface area (Å²) in [5, 5.41) is 5.95. The van der Waals surface area contributed by atoms with Crippen LogP contribution in [0.25, 0.3) is 0 Å². The second kappa shape index (κ2) is 9.13. The fraction of sp³-hybridized carbons (Fsp3) is 0.818. The zero-order chi connectivity index (χ0) is 12.7. The third-order valence-electron chi connectivity index (χ3n) is 2.54. The third-order valence-corrected chi connectivity index (χ3v) is 2.54. The number of hydrogen-bond donors (Lipinski definition) is 2. The fourth-order valence-electron chi connectivity index (χ4n) is 1.69. The van der Waals surface area contributed by atoms with Crippen LogP contribution >= 0.6 is 12.4 Å². The molecule has 1 rings (SSSR count). The molecule has 0 bridgehead atoms. The summed E-state index contributed by atoms with van der Waals surface area (Å²) in [6, 6.07) is -0.145. The van der Waals surface area contributed by atoms with Gasteiger partial charge in [0, 0.05) is 25.0 Å². The van der Waals surface area contributed by atoms with Gasteiger partial charge in [-0.2, -0.15) is 0 Å². The van der Waals surface area contributed by atoms with Gasteiger partial charge in [-0.3, -0.25) is 9.59 Å². The van der Waals surface area contributed by atoms with Crippen LogP contribution in [0.3, 0.4) is 0 Å². The van der Waals surface area contributed by atoms with Gasteiger partial charge in [0.25, 0.3) is 0 Å². The number of carbonyl (C=O) groups is 2. The van der Waals surface area contributed by atoms with Gasteiger partial charge in [0.1, 0.15) is 0 Å². The Morgan fingerprint density at radius 3 is 2.83 bits per heavy atom. The van der Waals surface area contributed by atoms with Crippen LogP contribution in [0.1, 0.15) is 19.8 Å². The van der Waals surface area contributed by atoms with Crippen LogP contribution in [0, 0.1) is 0 Å². The van der Waals surface area contributed by atoms with Crippen LogP contribution in [0.5, 0.6) is 0 Å². The smallest absolute Gasteiger partial charge is 0.307 e. The maximum Gasteiger partial charge on any atom is 0.307 e. The summed E-state index contributed by atoms with van der Waals surface area (Å²) in [5.74, 6) is -0.402. The van der Waals surface area contributed by atoms with Crippen LogP contribution < -0.4 is 10.6 Å². The van der Waals surface area contributed by atoms with E-state index in [0.29, 0.717) is 19.6 Å². The van der Waals surface area contributed by atoms with Crippen molar-refractivity contribution in [1.29, 1.82) is 0 Å². The molecule has 0 aliphatic carbocycles. The van der Waals surface area contributed by atoms with Crippen LogP contribution in [0.4, 0.5) is 0 Å². The Balaban J connectivity index is 0.00000289. The van der Waals surface area contributed by atoms with Crippen molar-refractivity contribution in [2.45, 2.75) is 31.8 Å². The standard InChI is InChI=1S/C11H20N2O4.ClH/c1-8(5-11(15)16-2)13-10(14)6-9-7-17-4-3-12-9;/h8-9,12H,3-7H2,1-2H3,(H,13,14);1H. The molecule has 1 amide bonds. The van der Waals surface area contributed by atoms with Crippen LogP contribution in [0.2, 0.25) is 0 Å². The van der Waals surface area contributed by atoms with E-state index in [1.807, 2.05) is 0 Å². The van der Waals surface area contributed by atoms with Gasteiger partial charge in [-0.25, -0.2) is 0 Å². The van der Waals surface area contributed by atoms with E-state index in [-0.39, 0.29) is 42.8 Å². The van der Waals surface area contributed by atoms with Crippen molar-refractivity contribution in [1.82, 2.24) is 10.6 Å². The number of morpholine rings is 1. The molecule has 0 saturated carbocycles. The Labute approximate surface area is 113 Å². The predicted molar refractivity (Wildman–Crippen MR) is 68.7 cm³/mol. The van der Waals surface area contributed by atoms with Crippen molar-refractivity contribution in [2.75, 3.05) is 26.9 Å². The van der Waals surface area contributed by atoms with E-state index in [4.69, 9.17) is 4.74 Å².